The zero-order chi connectivity index (χ0) is 16.7. The standard InChI is InChI=1S/C18H20ClN3O2/c1-24-17-5-2-12(19)8-16(17)18(23)22-13-3-4-14(22)10-15(9-13)21-7-6-20-11-21/h2,5-8,11,13-15H,3-4,9-10H2,1H3. The van der Waals surface area contributed by atoms with Gasteiger partial charge >= 0.3 is 0 Å². The molecule has 0 spiro atoms. The van der Waals surface area contributed by atoms with E-state index in [1.807, 2.05) is 18.7 Å². The number of benzene rings is 1. The summed E-state index contributed by atoms with van der Waals surface area (Å²) in [4.78, 5) is 19.4. The maximum atomic E-state index is 13.2. The van der Waals surface area contributed by atoms with E-state index in [0.717, 1.165) is 25.7 Å². The predicted octanol–water partition coefficient (Wildman–Crippen LogP) is 3.55. The number of piperidine rings is 1. The van der Waals surface area contributed by atoms with Gasteiger partial charge in [0.05, 0.1) is 19.0 Å². The van der Waals surface area contributed by atoms with Crippen LogP contribution in [0.4, 0.5) is 0 Å². The summed E-state index contributed by atoms with van der Waals surface area (Å²) in [5.74, 6) is 0.617. The van der Waals surface area contributed by atoms with Gasteiger partial charge in [0.2, 0.25) is 0 Å². The highest BCUT2D eigenvalue weighted by Crippen LogP contribution is 2.42. The van der Waals surface area contributed by atoms with Gasteiger partial charge in [-0.15, -0.1) is 0 Å². The summed E-state index contributed by atoms with van der Waals surface area (Å²) < 4.78 is 7.54. The lowest BCUT2D eigenvalue weighted by Crippen LogP contribution is -2.46. The van der Waals surface area contributed by atoms with Crippen LogP contribution in [0.15, 0.2) is 36.9 Å². The van der Waals surface area contributed by atoms with Gasteiger partial charge in [-0.1, -0.05) is 11.6 Å². The van der Waals surface area contributed by atoms with Crippen LogP contribution in [-0.4, -0.2) is 39.6 Å². The monoisotopic (exact) mass is 345 g/mol. The van der Waals surface area contributed by atoms with E-state index in [-0.39, 0.29) is 18.0 Å². The lowest BCUT2D eigenvalue weighted by molar-refractivity contribution is 0.0530. The van der Waals surface area contributed by atoms with Crippen molar-refractivity contribution in [3.8, 4) is 5.75 Å². The Kier molecular flexibility index (Phi) is 3.96. The van der Waals surface area contributed by atoms with E-state index >= 15 is 0 Å². The average molecular weight is 346 g/mol. The molecule has 2 saturated heterocycles. The van der Waals surface area contributed by atoms with Crippen molar-refractivity contribution in [2.75, 3.05) is 7.11 Å². The van der Waals surface area contributed by atoms with Crippen molar-refractivity contribution in [2.24, 2.45) is 0 Å². The molecule has 0 radical (unpaired) electrons. The molecule has 2 unspecified atom stereocenters. The lowest BCUT2D eigenvalue weighted by Gasteiger charge is -2.39. The molecule has 6 heteroatoms. The number of methoxy groups -OCH3 is 1. The van der Waals surface area contributed by atoms with Crippen molar-refractivity contribution in [1.29, 1.82) is 0 Å². The van der Waals surface area contributed by atoms with E-state index in [9.17, 15) is 4.79 Å². The Bertz CT molecular complexity index is 733. The number of aromatic nitrogens is 2. The smallest absolute Gasteiger partial charge is 0.258 e. The molecule has 2 aliphatic heterocycles. The Morgan fingerprint density at radius 3 is 2.62 bits per heavy atom. The van der Waals surface area contributed by atoms with Crippen LogP contribution in [0.5, 0.6) is 5.75 Å². The highest BCUT2D eigenvalue weighted by molar-refractivity contribution is 6.31. The number of ether oxygens (including phenoxy) is 1. The fourth-order valence-electron chi connectivity index (χ4n) is 4.20. The first-order valence-corrected chi connectivity index (χ1v) is 8.69. The summed E-state index contributed by atoms with van der Waals surface area (Å²) in [5.41, 5.74) is 0.558. The van der Waals surface area contributed by atoms with Crippen LogP contribution in [0.25, 0.3) is 0 Å². The number of fused-ring (bicyclic) bond motifs is 2. The fraction of sp³-hybridized carbons (Fsp3) is 0.444. The molecule has 4 rings (SSSR count). The summed E-state index contributed by atoms with van der Waals surface area (Å²) in [6, 6.07) is 6.19. The average Bonchev–Trinajstić information content (AvgIpc) is 3.21. The van der Waals surface area contributed by atoms with Crippen molar-refractivity contribution in [1.82, 2.24) is 14.5 Å². The number of nitrogens with zero attached hydrogens (tertiary/aromatic N) is 3. The number of carbonyl (C=O) groups excluding carboxylic acids is 1. The maximum Gasteiger partial charge on any atom is 0.258 e. The van der Waals surface area contributed by atoms with Crippen molar-refractivity contribution in [3.63, 3.8) is 0 Å². The first kappa shape index (κ1) is 15.5. The molecule has 2 fully saturated rings. The van der Waals surface area contributed by atoms with Gasteiger partial charge in [0.1, 0.15) is 5.75 Å². The molecule has 0 N–H and O–H groups in total. The molecule has 2 bridgehead atoms. The van der Waals surface area contributed by atoms with Gasteiger partial charge < -0.3 is 14.2 Å². The summed E-state index contributed by atoms with van der Waals surface area (Å²) in [6.07, 6.45) is 9.78. The molecule has 24 heavy (non-hydrogen) atoms. The Morgan fingerprint density at radius 1 is 1.25 bits per heavy atom. The fourth-order valence-corrected chi connectivity index (χ4v) is 4.37. The van der Waals surface area contributed by atoms with Crippen LogP contribution in [-0.2, 0) is 0 Å². The Balaban J connectivity index is 1.60. The molecule has 1 aromatic heterocycles. The molecule has 2 aliphatic rings. The van der Waals surface area contributed by atoms with Crippen LogP contribution in [0.1, 0.15) is 42.1 Å². The molecule has 2 aromatic rings. The summed E-state index contributed by atoms with van der Waals surface area (Å²) >= 11 is 6.10. The van der Waals surface area contributed by atoms with Crippen LogP contribution >= 0.6 is 11.6 Å². The largest absolute Gasteiger partial charge is 0.496 e. The molecular formula is C18H20ClN3O2. The van der Waals surface area contributed by atoms with Crippen LogP contribution in [0.2, 0.25) is 5.02 Å². The number of carbonyl (C=O) groups is 1. The Hall–Kier alpha value is -2.01. The van der Waals surface area contributed by atoms with E-state index in [2.05, 4.69) is 14.5 Å². The Morgan fingerprint density at radius 2 is 2.00 bits per heavy atom. The van der Waals surface area contributed by atoms with E-state index in [1.54, 1.807) is 25.3 Å². The van der Waals surface area contributed by atoms with Gasteiger partial charge in [-0.25, -0.2) is 4.98 Å². The van der Waals surface area contributed by atoms with Crippen molar-refractivity contribution >= 4 is 17.5 Å². The van der Waals surface area contributed by atoms with E-state index in [1.165, 1.54) is 0 Å². The third-order valence-electron chi connectivity index (χ3n) is 5.28. The van der Waals surface area contributed by atoms with Crippen molar-refractivity contribution in [3.05, 3.63) is 47.5 Å². The van der Waals surface area contributed by atoms with Gasteiger partial charge in [0.15, 0.2) is 0 Å². The number of halogens is 1. The third kappa shape index (κ3) is 2.57. The van der Waals surface area contributed by atoms with Gasteiger partial charge in [-0.05, 0) is 43.9 Å². The molecule has 5 nitrogen and oxygen atoms in total. The minimum Gasteiger partial charge on any atom is -0.496 e. The minimum absolute atomic E-state index is 0.0333. The molecule has 2 atom stereocenters. The van der Waals surface area contributed by atoms with E-state index < -0.39 is 0 Å². The number of hydrogen-bond acceptors (Lipinski definition) is 3. The highest BCUT2D eigenvalue weighted by Gasteiger charge is 2.44. The second kappa shape index (κ2) is 6.13. The molecule has 0 saturated carbocycles. The minimum atomic E-state index is 0.0333. The normalized spacial score (nSPS) is 25.8. The highest BCUT2D eigenvalue weighted by atomic mass is 35.5. The SMILES string of the molecule is COc1ccc(Cl)cc1C(=O)N1C2CCC1CC(n1ccnc1)C2. The van der Waals surface area contributed by atoms with Crippen molar-refractivity contribution < 1.29 is 9.53 Å². The topological polar surface area (TPSA) is 47.4 Å². The molecular weight excluding hydrogens is 326 g/mol. The number of rotatable bonds is 3. The van der Waals surface area contributed by atoms with Crippen LogP contribution < -0.4 is 4.74 Å². The van der Waals surface area contributed by atoms with Gasteiger partial charge in [-0.2, -0.15) is 0 Å². The van der Waals surface area contributed by atoms with Gasteiger partial charge in [0.25, 0.3) is 5.91 Å². The van der Waals surface area contributed by atoms with Gasteiger partial charge in [0, 0.05) is 35.5 Å². The van der Waals surface area contributed by atoms with E-state index in [0.29, 0.717) is 22.4 Å². The second-order valence-corrected chi connectivity index (χ2v) is 7.01. The summed E-state index contributed by atoms with van der Waals surface area (Å²) in [6.45, 7) is 0. The molecule has 1 aromatic carbocycles. The first-order valence-electron chi connectivity index (χ1n) is 8.31. The zero-order valence-corrected chi connectivity index (χ0v) is 14.3. The second-order valence-electron chi connectivity index (χ2n) is 6.58. The van der Waals surface area contributed by atoms with Crippen molar-refractivity contribution in [2.45, 2.75) is 43.8 Å². The predicted molar refractivity (Wildman–Crippen MR) is 91.5 cm³/mol. The number of hydrogen-bond donors (Lipinski definition) is 0. The summed E-state index contributed by atoms with van der Waals surface area (Å²) in [5, 5.41) is 0.555. The zero-order valence-electron chi connectivity index (χ0n) is 13.6. The quantitative estimate of drug-likeness (QED) is 0.854. The van der Waals surface area contributed by atoms with Crippen LogP contribution in [0, 0.1) is 0 Å². The molecule has 1 amide bonds. The third-order valence-corrected chi connectivity index (χ3v) is 5.52. The molecule has 126 valence electrons. The van der Waals surface area contributed by atoms with Gasteiger partial charge in [-0.3, -0.25) is 4.79 Å². The number of imidazole rings is 1. The Labute approximate surface area is 146 Å². The molecule has 3 heterocycles. The summed E-state index contributed by atoms with van der Waals surface area (Å²) in [7, 11) is 1.58. The maximum absolute atomic E-state index is 13.2. The molecule has 0 aliphatic carbocycles. The first-order chi connectivity index (χ1) is 11.7. The van der Waals surface area contributed by atoms with E-state index in [4.69, 9.17) is 16.3 Å². The number of amides is 1. The van der Waals surface area contributed by atoms with Crippen LogP contribution in [0.3, 0.4) is 0 Å². The lowest BCUT2D eigenvalue weighted by atomic mass is 9.96.